The molecule has 2 heterocycles. The fourth-order valence-corrected chi connectivity index (χ4v) is 2.05. The van der Waals surface area contributed by atoms with Crippen molar-refractivity contribution < 1.29 is 4.39 Å². The van der Waals surface area contributed by atoms with Crippen LogP contribution in [0.2, 0.25) is 0 Å². The lowest BCUT2D eigenvalue weighted by atomic mass is 9.90. The zero-order valence-corrected chi connectivity index (χ0v) is 9.04. The molecule has 1 N–H and O–H groups in total. The minimum Gasteiger partial charge on any atom is -0.317 e. The van der Waals surface area contributed by atoms with Gasteiger partial charge in [-0.15, -0.1) is 0 Å². The number of piperidine rings is 1. The van der Waals surface area contributed by atoms with E-state index in [9.17, 15) is 4.39 Å². The number of hydrogen-bond acceptors (Lipinski definition) is 2. The van der Waals surface area contributed by atoms with Crippen LogP contribution in [0.15, 0.2) is 18.3 Å². The molecular weight excluding hydrogens is 191 g/mol. The molecule has 2 nitrogen and oxygen atoms in total. The van der Waals surface area contributed by atoms with E-state index in [0.29, 0.717) is 0 Å². The molecular formula is C12H17FN2. The van der Waals surface area contributed by atoms with E-state index in [2.05, 4.69) is 10.3 Å². The number of pyridine rings is 1. The first-order valence-electron chi connectivity index (χ1n) is 5.54. The number of hydrogen-bond donors (Lipinski definition) is 1. The Morgan fingerprint density at radius 2 is 2.13 bits per heavy atom. The Kier molecular flexibility index (Phi) is 3.31. The maximum absolute atomic E-state index is 14.1. The Labute approximate surface area is 89.9 Å². The molecule has 82 valence electrons. The molecule has 0 radical (unpaired) electrons. The van der Waals surface area contributed by atoms with Gasteiger partial charge < -0.3 is 5.32 Å². The molecule has 1 aromatic heterocycles. The van der Waals surface area contributed by atoms with Gasteiger partial charge in [0.1, 0.15) is 6.17 Å². The molecule has 1 atom stereocenters. The molecule has 0 aliphatic carbocycles. The third-order valence-corrected chi connectivity index (χ3v) is 3.05. The van der Waals surface area contributed by atoms with E-state index >= 15 is 0 Å². The van der Waals surface area contributed by atoms with Crippen molar-refractivity contribution in [2.45, 2.75) is 25.9 Å². The van der Waals surface area contributed by atoms with Crippen LogP contribution in [0.5, 0.6) is 0 Å². The lowest BCUT2D eigenvalue weighted by molar-refractivity contribution is 0.190. The van der Waals surface area contributed by atoms with Crippen molar-refractivity contribution in [2.24, 2.45) is 5.92 Å². The molecule has 0 aromatic carbocycles. The quantitative estimate of drug-likeness (QED) is 0.807. The Morgan fingerprint density at radius 3 is 2.73 bits per heavy atom. The molecule has 1 saturated heterocycles. The van der Waals surface area contributed by atoms with Gasteiger partial charge in [0, 0.05) is 17.5 Å². The van der Waals surface area contributed by atoms with Gasteiger partial charge >= 0.3 is 0 Å². The largest absolute Gasteiger partial charge is 0.317 e. The smallest absolute Gasteiger partial charge is 0.129 e. The highest BCUT2D eigenvalue weighted by Crippen LogP contribution is 2.31. The summed E-state index contributed by atoms with van der Waals surface area (Å²) in [6, 6.07) is 3.73. The normalized spacial score (nSPS) is 20.1. The van der Waals surface area contributed by atoms with Crippen molar-refractivity contribution in [2.75, 3.05) is 13.1 Å². The molecule has 1 unspecified atom stereocenters. The second-order valence-electron chi connectivity index (χ2n) is 4.22. The van der Waals surface area contributed by atoms with Crippen LogP contribution in [-0.4, -0.2) is 18.1 Å². The van der Waals surface area contributed by atoms with E-state index in [-0.39, 0.29) is 5.92 Å². The molecule has 1 aromatic rings. The van der Waals surface area contributed by atoms with Gasteiger partial charge in [0.2, 0.25) is 0 Å². The summed E-state index contributed by atoms with van der Waals surface area (Å²) in [5.74, 6) is 0.163. The standard InChI is InChI=1S/C12H17FN2/c1-9-2-3-11(8-15-9)12(13)10-4-6-14-7-5-10/h2-3,8,10,12,14H,4-7H2,1H3. The van der Waals surface area contributed by atoms with Crippen LogP contribution in [0.1, 0.15) is 30.3 Å². The molecule has 0 bridgehead atoms. The summed E-state index contributed by atoms with van der Waals surface area (Å²) in [6.07, 6.45) is 2.67. The number of aromatic nitrogens is 1. The molecule has 0 saturated carbocycles. The first-order chi connectivity index (χ1) is 7.27. The van der Waals surface area contributed by atoms with Crippen molar-refractivity contribution in [3.05, 3.63) is 29.6 Å². The third-order valence-electron chi connectivity index (χ3n) is 3.05. The number of rotatable bonds is 2. The summed E-state index contributed by atoms with van der Waals surface area (Å²) in [5.41, 5.74) is 1.67. The Balaban J connectivity index is 2.05. The number of alkyl halides is 1. The average molecular weight is 208 g/mol. The zero-order valence-electron chi connectivity index (χ0n) is 9.04. The third kappa shape index (κ3) is 2.53. The van der Waals surface area contributed by atoms with E-state index in [1.165, 1.54) is 0 Å². The summed E-state index contributed by atoms with van der Waals surface area (Å²) in [4.78, 5) is 4.14. The van der Waals surface area contributed by atoms with Gasteiger partial charge in [-0.3, -0.25) is 4.98 Å². The first-order valence-corrected chi connectivity index (χ1v) is 5.54. The van der Waals surface area contributed by atoms with Gasteiger partial charge in [-0.25, -0.2) is 4.39 Å². The van der Waals surface area contributed by atoms with Gasteiger partial charge in [0.15, 0.2) is 0 Å². The van der Waals surface area contributed by atoms with Gasteiger partial charge in [-0.05, 0) is 44.8 Å². The topological polar surface area (TPSA) is 24.9 Å². The Hall–Kier alpha value is -0.960. The van der Waals surface area contributed by atoms with Crippen molar-refractivity contribution >= 4 is 0 Å². The maximum Gasteiger partial charge on any atom is 0.129 e. The zero-order chi connectivity index (χ0) is 10.7. The van der Waals surface area contributed by atoms with E-state index < -0.39 is 6.17 Å². The molecule has 2 rings (SSSR count). The minimum absolute atomic E-state index is 0.163. The van der Waals surface area contributed by atoms with Gasteiger partial charge in [0.25, 0.3) is 0 Å². The summed E-state index contributed by atoms with van der Waals surface area (Å²) in [5, 5.41) is 3.25. The van der Waals surface area contributed by atoms with E-state index in [0.717, 1.165) is 37.2 Å². The predicted octanol–water partition coefficient (Wildman–Crippen LogP) is 2.40. The van der Waals surface area contributed by atoms with Crippen molar-refractivity contribution in [3.63, 3.8) is 0 Å². The molecule has 1 aliphatic rings. The predicted molar refractivity (Wildman–Crippen MR) is 58.4 cm³/mol. The molecule has 1 fully saturated rings. The van der Waals surface area contributed by atoms with Crippen LogP contribution < -0.4 is 5.32 Å². The lowest BCUT2D eigenvalue weighted by Crippen LogP contribution is -2.29. The minimum atomic E-state index is -0.847. The number of halogens is 1. The highest BCUT2D eigenvalue weighted by Gasteiger charge is 2.24. The second-order valence-corrected chi connectivity index (χ2v) is 4.22. The van der Waals surface area contributed by atoms with E-state index in [1.54, 1.807) is 6.20 Å². The monoisotopic (exact) mass is 208 g/mol. The van der Waals surface area contributed by atoms with Crippen LogP contribution in [0.4, 0.5) is 4.39 Å². The molecule has 15 heavy (non-hydrogen) atoms. The van der Waals surface area contributed by atoms with Crippen molar-refractivity contribution in [1.29, 1.82) is 0 Å². The van der Waals surface area contributed by atoms with Gasteiger partial charge in [-0.1, -0.05) is 6.07 Å². The lowest BCUT2D eigenvalue weighted by Gasteiger charge is -2.25. The highest BCUT2D eigenvalue weighted by molar-refractivity contribution is 5.16. The summed E-state index contributed by atoms with van der Waals surface area (Å²) >= 11 is 0. The number of aryl methyl sites for hydroxylation is 1. The van der Waals surface area contributed by atoms with E-state index in [1.807, 2.05) is 19.1 Å². The van der Waals surface area contributed by atoms with Crippen LogP contribution >= 0.6 is 0 Å². The van der Waals surface area contributed by atoms with Crippen LogP contribution in [0.3, 0.4) is 0 Å². The van der Waals surface area contributed by atoms with Gasteiger partial charge in [-0.2, -0.15) is 0 Å². The highest BCUT2D eigenvalue weighted by atomic mass is 19.1. The molecule has 0 spiro atoms. The summed E-state index contributed by atoms with van der Waals surface area (Å²) < 4.78 is 14.1. The molecule has 0 amide bonds. The summed E-state index contributed by atoms with van der Waals surface area (Å²) in [7, 11) is 0. The van der Waals surface area contributed by atoms with Crippen LogP contribution in [-0.2, 0) is 0 Å². The van der Waals surface area contributed by atoms with Crippen LogP contribution in [0, 0.1) is 12.8 Å². The fraction of sp³-hybridized carbons (Fsp3) is 0.583. The Bertz CT molecular complexity index is 304. The summed E-state index contributed by atoms with van der Waals surface area (Å²) in [6.45, 7) is 3.79. The molecule has 1 aliphatic heterocycles. The van der Waals surface area contributed by atoms with Crippen molar-refractivity contribution in [1.82, 2.24) is 10.3 Å². The second kappa shape index (κ2) is 4.71. The van der Waals surface area contributed by atoms with E-state index in [4.69, 9.17) is 0 Å². The van der Waals surface area contributed by atoms with Gasteiger partial charge in [0.05, 0.1) is 0 Å². The van der Waals surface area contributed by atoms with Crippen LogP contribution in [0.25, 0.3) is 0 Å². The number of nitrogens with zero attached hydrogens (tertiary/aromatic N) is 1. The van der Waals surface area contributed by atoms with Crippen molar-refractivity contribution in [3.8, 4) is 0 Å². The fourth-order valence-electron chi connectivity index (χ4n) is 2.05. The number of nitrogens with one attached hydrogen (secondary N) is 1. The SMILES string of the molecule is Cc1ccc(C(F)C2CCNCC2)cn1. The average Bonchev–Trinajstić information content (AvgIpc) is 2.30. The maximum atomic E-state index is 14.1. The Morgan fingerprint density at radius 1 is 1.40 bits per heavy atom. The first kappa shape index (κ1) is 10.6. The molecule has 3 heteroatoms.